The number of fused-ring (bicyclic) bond motifs is 1. The van der Waals surface area contributed by atoms with Gasteiger partial charge < -0.3 is 10.2 Å². The lowest BCUT2D eigenvalue weighted by Gasteiger charge is -2.32. The molecule has 1 aliphatic carbocycles. The molecule has 2 aromatic heterocycles. The molecule has 4 rings (SSSR count). The van der Waals surface area contributed by atoms with Crippen LogP contribution in [0.3, 0.4) is 0 Å². The highest BCUT2D eigenvalue weighted by Crippen LogP contribution is 2.24. The molecule has 2 aromatic rings. The molecule has 1 saturated carbocycles. The standard InChI is InChI=1S/C15H16N6O2/c22-14(19-10-1-2-10)13-9-20(8-11-3-4-18-21(11)13)15(23)12-7-16-5-6-17-12/h3-7,10,13H,1-2,8-9H2,(H,19,22). The highest BCUT2D eigenvalue weighted by molar-refractivity contribution is 5.92. The van der Waals surface area contributed by atoms with E-state index in [0.29, 0.717) is 6.54 Å². The quantitative estimate of drug-likeness (QED) is 0.871. The van der Waals surface area contributed by atoms with Gasteiger partial charge in [0.2, 0.25) is 5.91 Å². The van der Waals surface area contributed by atoms with Gasteiger partial charge in [0.15, 0.2) is 0 Å². The van der Waals surface area contributed by atoms with E-state index in [-0.39, 0.29) is 30.1 Å². The van der Waals surface area contributed by atoms with Crippen LogP contribution in [-0.2, 0) is 11.3 Å². The van der Waals surface area contributed by atoms with Gasteiger partial charge in [-0.15, -0.1) is 0 Å². The SMILES string of the molecule is O=C(NC1CC1)C1CN(C(=O)c2cnccn2)Cc2ccnn21. The second kappa shape index (κ2) is 5.45. The van der Waals surface area contributed by atoms with Crippen LogP contribution in [0, 0.1) is 0 Å². The first-order valence-corrected chi connectivity index (χ1v) is 7.60. The molecule has 1 N–H and O–H groups in total. The fourth-order valence-corrected chi connectivity index (χ4v) is 2.74. The molecular weight excluding hydrogens is 296 g/mol. The van der Waals surface area contributed by atoms with Crippen LogP contribution in [0.25, 0.3) is 0 Å². The third-order valence-corrected chi connectivity index (χ3v) is 4.09. The summed E-state index contributed by atoms with van der Waals surface area (Å²) in [5.41, 5.74) is 1.12. The summed E-state index contributed by atoms with van der Waals surface area (Å²) in [6.07, 6.45) is 8.14. The van der Waals surface area contributed by atoms with E-state index in [9.17, 15) is 9.59 Å². The summed E-state index contributed by atoms with van der Waals surface area (Å²) in [6.45, 7) is 0.686. The number of carbonyl (C=O) groups excluding carboxylic acids is 2. The third kappa shape index (κ3) is 2.67. The zero-order chi connectivity index (χ0) is 15.8. The molecule has 2 aliphatic rings. The van der Waals surface area contributed by atoms with Crippen molar-refractivity contribution in [1.82, 2.24) is 30.0 Å². The smallest absolute Gasteiger partial charge is 0.274 e. The molecule has 1 atom stereocenters. The molecule has 0 saturated heterocycles. The van der Waals surface area contributed by atoms with Crippen molar-refractivity contribution in [2.24, 2.45) is 0 Å². The van der Waals surface area contributed by atoms with Crippen LogP contribution in [0.15, 0.2) is 30.9 Å². The van der Waals surface area contributed by atoms with Gasteiger partial charge in [0.05, 0.1) is 25.0 Å². The number of nitrogens with one attached hydrogen (secondary N) is 1. The predicted molar refractivity (Wildman–Crippen MR) is 79.2 cm³/mol. The van der Waals surface area contributed by atoms with Crippen molar-refractivity contribution < 1.29 is 9.59 Å². The van der Waals surface area contributed by atoms with Gasteiger partial charge in [0, 0.05) is 24.6 Å². The molecule has 1 aliphatic heterocycles. The van der Waals surface area contributed by atoms with Crippen molar-refractivity contribution in [2.45, 2.75) is 31.5 Å². The van der Waals surface area contributed by atoms with Gasteiger partial charge >= 0.3 is 0 Å². The molecule has 23 heavy (non-hydrogen) atoms. The van der Waals surface area contributed by atoms with Crippen molar-refractivity contribution in [1.29, 1.82) is 0 Å². The maximum atomic E-state index is 12.6. The lowest BCUT2D eigenvalue weighted by molar-refractivity contribution is -0.125. The lowest BCUT2D eigenvalue weighted by Crippen LogP contribution is -2.47. The van der Waals surface area contributed by atoms with Gasteiger partial charge in [0.1, 0.15) is 11.7 Å². The minimum Gasteiger partial charge on any atom is -0.351 e. The van der Waals surface area contributed by atoms with Crippen molar-refractivity contribution in [3.05, 3.63) is 42.2 Å². The lowest BCUT2D eigenvalue weighted by atomic mass is 10.1. The molecule has 8 nitrogen and oxygen atoms in total. The fourth-order valence-electron chi connectivity index (χ4n) is 2.74. The van der Waals surface area contributed by atoms with E-state index in [2.05, 4.69) is 20.4 Å². The molecule has 0 aromatic carbocycles. The first-order valence-electron chi connectivity index (χ1n) is 7.60. The number of nitrogens with zero attached hydrogens (tertiary/aromatic N) is 5. The Morgan fingerprint density at radius 2 is 2.09 bits per heavy atom. The number of amides is 2. The van der Waals surface area contributed by atoms with Gasteiger partial charge in [-0.25, -0.2) is 4.98 Å². The van der Waals surface area contributed by atoms with Crippen LogP contribution in [0.5, 0.6) is 0 Å². The van der Waals surface area contributed by atoms with Gasteiger partial charge in [-0.2, -0.15) is 5.10 Å². The molecule has 2 amide bonds. The minimum atomic E-state index is -0.505. The van der Waals surface area contributed by atoms with E-state index >= 15 is 0 Å². The van der Waals surface area contributed by atoms with Crippen LogP contribution in [0.4, 0.5) is 0 Å². The molecule has 1 unspecified atom stereocenters. The van der Waals surface area contributed by atoms with Crippen molar-refractivity contribution in [3.63, 3.8) is 0 Å². The third-order valence-electron chi connectivity index (χ3n) is 4.09. The Hall–Kier alpha value is -2.77. The van der Waals surface area contributed by atoms with Gasteiger partial charge in [0.25, 0.3) is 5.91 Å². The Kier molecular flexibility index (Phi) is 3.29. The Bertz CT molecular complexity index is 739. The molecular formula is C15H16N6O2. The number of hydrogen-bond donors (Lipinski definition) is 1. The van der Waals surface area contributed by atoms with Crippen molar-refractivity contribution >= 4 is 11.8 Å². The summed E-state index contributed by atoms with van der Waals surface area (Å²) in [4.78, 5) is 34.7. The topological polar surface area (TPSA) is 93.0 Å². The first-order chi connectivity index (χ1) is 11.2. The maximum absolute atomic E-state index is 12.6. The predicted octanol–water partition coefficient (Wildman–Crippen LogP) is 0.149. The van der Waals surface area contributed by atoms with Crippen LogP contribution < -0.4 is 5.32 Å². The van der Waals surface area contributed by atoms with E-state index in [1.54, 1.807) is 15.8 Å². The molecule has 1 fully saturated rings. The molecule has 3 heterocycles. The summed E-state index contributed by atoms with van der Waals surface area (Å²) in [7, 11) is 0. The largest absolute Gasteiger partial charge is 0.351 e. The van der Waals surface area contributed by atoms with E-state index in [4.69, 9.17) is 0 Å². The summed E-state index contributed by atoms with van der Waals surface area (Å²) in [6, 6.07) is 1.59. The highest BCUT2D eigenvalue weighted by Gasteiger charge is 2.36. The molecule has 0 spiro atoms. The fraction of sp³-hybridized carbons (Fsp3) is 0.400. The second-order valence-electron chi connectivity index (χ2n) is 5.84. The molecule has 118 valence electrons. The van der Waals surface area contributed by atoms with Gasteiger partial charge in [-0.3, -0.25) is 19.3 Å². The maximum Gasteiger partial charge on any atom is 0.274 e. The van der Waals surface area contributed by atoms with Crippen LogP contribution >= 0.6 is 0 Å². The number of hydrogen-bond acceptors (Lipinski definition) is 5. The normalized spacial score (nSPS) is 20.0. The number of aromatic nitrogens is 4. The number of rotatable bonds is 3. The Labute approximate surface area is 132 Å². The minimum absolute atomic E-state index is 0.0888. The van der Waals surface area contributed by atoms with Crippen LogP contribution in [0.2, 0.25) is 0 Å². The molecule has 8 heteroatoms. The zero-order valence-corrected chi connectivity index (χ0v) is 12.4. The van der Waals surface area contributed by atoms with E-state index in [0.717, 1.165) is 18.5 Å². The number of carbonyl (C=O) groups is 2. The summed E-state index contributed by atoms with van der Waals surface area (Å²) < 4.78 is 1.71. The van der Waals surface area contributed by atoms with Gasteiger partial charge in [-0.05, 0) is 18.9 Å². The van der Waals surface area contributed by atoms with Crippen LogP contribution in [0.1, 0.15) is 35.1 Å². The zero-order valence-electron chi connectivity index (χ0n) is 12.4. The second-order valence-corrected chi connectivity index (χ2v) is 5.84. The Morgan fingerprint density at radius 3 is 2.83 bits per heavy atom. The van der Waals surface area contributed by atoms with E-state index in [1.165, 1.54) is 18.6 Å². The average Bonchev–Trinajstić information content (AvgIpc) is 3.27. The summed E-state index contributed by atoms with van der Waals surface area (Å²) in [5, 5.41) is 7.23. The van der Waals surface area contributed by atoms with Crippen LogP contribution in [-0.4, -0.2) is 49.0 Å². The Balaban J connectivity index is 1.59. The molecule has 0 bridgehead atoms. The Morgan fingerprint density at radius 1 is 1.22 bits per heavy atom. The van der Waals surface area contributed by atoms with Crippen molar-refractivity contribution in [3.8, 4) is 0 Å². The summed E-state index contributed by atoms with van der Waals surface area (Å²) in [5.74, 6) is -0.316. The van der Waals surface area contributed by atoms with E-state index in [1.807, 2.05) is 6.07 Å². The average molecular weight is 312 g/mol. The van der Waals surface area contributed by atoms with Gasteiger partial charge in [-0.1, -0.05) is 0 Å². The first kappa shape index (κ1) is 13.9. The highest BCUT2D eigenvalue weighted by atomic mass is 16.2. The van der Waals surface area contributed by atoms with E-state index < -0.39 is 6.04 Å². The van der Waals surface area contributed by atoms with Crippen molar-refractivity contribution in [2.75, 3.05) is 6.54 Å². The molecule has 0 radical (unpaired) electrons. The monoisotopic (exact) mass is 312 g/mol. The summed E-state index contributed by atoms with van der Waals surface area (Å²) >= 11 is 0.